The Morgan fingerprint density at radius 3 is 1.30 bits per heavy atom. The van der Waals surface area contributed by atoms with Gasteiger partial charge in [0.05, 0.1) is 17.9 Å². The summed E-state index contributed by atoms with van der Waals surface area (Å²) >= 11 is 0. The third-order valence-electron chi connectivity index (χ3n) is 7.57. The molecule has 8 nitrogen and oxygen atoms in total. The summed E-state index contributed by atoms with van der Waals surface area (Å²) in [5, 5.41) is 15.0. The molecule has 2 saturated carbocycles. The first-order valence-corrected chi connectivity index (χ1v) is 12.1. The number of aliphatic carboxylic acids is 1. The van der Waals surface area contributed by atoms with Crippen molar-refractivity contribution in [2.45, 2.75) is 105 Å². The highest BCUT2D eigenvalue weighted by Crippen LogP contribution is 2.39. The SMILES string of the molecule is CC(=O)NC1CCC(C(C)(C)C(=O)O)CC1.COC(=O)C(C)(C)C1CCC(NC(C)=O)CC1. The van der Waals surface area contributed by atoms with Crippen LogP contribution in [0.1, 0.15) is 92.9 Å². The molecule has 0 aliphatic heterocycles. The third-order valence-corrected chi connectivity index (χ3v) is 7.57. The van der Waals surface area contributed by atoms with Crippen LogP contribution in [0.2, 0.25) is 0 Å². The Balaban J connectivity index is 0.000000331. The molecule has 2 rings (SSSR count). The van der Waals surface area contributed by atoms with Gasteiger partial charge in [0.25, 0.3) is 0 Å². The second kappa shape index (κ2) is 12.4. The fourth-order valence-electron chi connectivity index (χ4n) is 5.10. The maximum Gasteiger partial charge on any atom is 0.311 e. The number of nitrogens with one attached hydrogen (secondary N) is 2. The topological polar surface area (TPSA) is 122 Å². The van der Waals surface area contributed by atoms with Gasteiger partial charge in [0.1, 0.15) is 0 Å². The Hall–Kier alpha value is -2.12. The molecule has 0 unspecified atom stereocenters. The molecule has 0 aromatic rings. The fourth-order valence-corrected chi connectivity index (χ4v) is 5.10. The number of carboxylic acid groups (broad SMARTS) is 1. The first-order valence-electron chi connectivity index (χ1n) is 12.1. The van der Waals surface area contributed by atoms with Crippen LogP contribution < -0.4 is 10.6 Å². The summed E-state index contributed by atoms with van der Waals surface area (Å²) in [4.78, 5) is 44.7. The number of carboxylic acids is 1. The predicted octanol–water partition coefficient (Wildman–Crippen LogP) is 3.67. The molecular formula is C25H44N2O6. The molecule has 0 spiro atoms. The lowest BCUT2D eigenvalue weighted by molar-refractivity contribution is -0.155. The summed E-state index contributed by atoms with van der Waals surface area (Å²) in [5.41, 5.74) is -1.07. The van der Waals surface area contributed by atoms with Crippen LogP contribution in [0, 0.1) is 22.7 Å². The van der Waals surface area contributed by atoms with Crippen molar-refractivity contribution in [3.63, 3.8) is 0 Å². The van der Waals surface area contributed by atoms with Crippen molar-refractivity contribution in [2.24, 2.45) is 22.7 Å². The average molecular weight is 469 g/mol. The number of carbonyl (C=O) groups excluding carboxylic acids is 3. The zero-order valence-electron chi connectivity index (χ0n) is 21.5. The number of hydrogen-bond donors (Lipinski definition) is 3. The summed E-state index contributed by atoms with van der Waals surface area (Å²) < 4.78 is 4.85. The lowest BCUT2D eigenvalue weighted by Crippen LogP contribution is -2.41. The van der Waals surface area contributed by atoms with Crippen molar-refractivity contribution in [3.05, 3.63) is 0 Å². The van der Waals surface area contributed by atoms with E-state index in [-0.39, 0.29) is 35.8 Å². The molecule has 2 amide bonds. The van der Waals surface area contributed by atoms with Gasteiger partial charge in [0, 0.05) is 25.9 Å². The summed E-state index contributed by atoms with van der Waals surface area (Å²) in [7, 11) is 1.44. The number of ether oxygens (including phenoxy) is 1. The van der Waals surface area contributed by atoms with E-state index >= 15 is 0 Å². The second-order valence-electron chi connectivity index (χ2n) is 10.7. The number of hydrogen-bond acceptors (Lipinski definition) is 5. The Morgan fingerprint density at radius 2 is 1.03 bits per heavy atom. The molecule has 0 aromatic heterocycles. The Bertz CT molecular complexity index is 687. The molecule has 3 N–H and O–H groups in total. The largest absolute Gasteiger partial charge is 0.481 e. The van der Waals surface area contributed by atoms with Gasteiger partial charge in [-0.3, -0.25) is 19.2 Å². The molecule has 0 radical (unpaired) electrons. The Labute approximate surface area is 198 Å². The standard InChI is InChI=1S/C13H23NO3.C12H21NO3/c1-9(15)14-11-7-5-10(6-8-11)13(2,3)12(16)17-4;1-8(14)13-10-6-4-9(5-7-10)12(2,3)11(15)16/h10-11H,5-8H2,1-4H3,(H,14,15);9-10H,4-7H2,1-3H3,(H,13,14)(H,15,16). The lowest BCUT2D eigenvalue weighted by atomic mass is 9.70. The van der Waals surface area contributed by atoms with Crippen LogP contribution in [0.5, 0.6) is 0 Å². The maximum absolute atomic E-state index is 11.7. The molecule has 0 atom stereocenters. The molecular weight excluding hydrogens is 424 g/mol. The second-order valence-corrected chi connectivity index (χ2v) is 10.7. The van der Waals surface area contributed by atoms with Gasteiger partial charge in [-0.05, 0) is 90.9 Å². The molecule has 0 aromatic carbocycles. The summed E-state index contributed by atoms with van der Waals surface area (Å²) in [6.07, 6.45) is 7.37. The van der Waals surface area contributed by atoms with Crippen LogP contribution in [-0.4, -0.2) is 48.1 Å². The van der Waals surface area contributed by atoms with Crippen molar-refractivity contribution >= 4 is 23.8 Å². The highest BCUT2D eigenvalue weighted by molar-refractivity contribution is 5.76. The first kappa shape index (κ1) is 28.9. The van der Waals surface area contributed by atoms with Gasteiger partial charge in [-0.1, -0.05) is 0 Å². The van der Waals surface area contributed by atoms with E-state index in [9.17, 15) is 19.2 Å². The number of carbonyl (C=O) groups is 4. The maximum atomic E-state index is 11.7. The fraction of sp³-hybridized carbons (Fsp3) is 0.840. The van der Waals surface area contributed by atoms with Gasteiger partial charge >= 0.3 is 11.9 Å². The minimum Gasteiger partial charge on any atom is -0.481 e. The summed E-state index contributed by atoms with van der Waals surface area (Å²) in [6.45, 7) is 10.5. The molecule has 2 aliphatic carbocycles. The van der Waals surface area contributed by atoms with Crippen LogP contribution in [0.4, 0.5) is 0 Å². The van der Waals surface area contributed by atoms with Crippen molar-refractivity contribution in [1.29, 1.82) is 0 Å². The molecule has 33 heavy (non-hydrogen) atoms. The molecule has 2 fully saturated rings. The van der Waals surface area contributed by atoms with Gasteiger partial charge in [-0.25, -0.2) is 0 Å². The van der Waals surface area contributed by atoms with E-state index in [1.165, 1.54) is 14.0 Å². The van der Waals surface area contributed by atoms with Gasteiger partial charge < -0.3 is 20.5 Å². The molecule has 0 heterocycles. The first-order chi connectivity index (χ1) is 15.2. The van der Waals surface area contributed by atoms with E-state index in [0.29, 0.717) is 5.92 Å². The molecule has 0 bridgehead atoms. The molecule has 8 heteroatoms. The van der Waals surface area contributed by atoms with Gasteiger partial charge in [-0.2, -0.15) is 0 Å². The van der Waals surface area contributed by atoms with Crippen molar-refractivity contribution in [2.75, 3.05) is 7.11 Å². The predicted molar refractivity (Wildman–Crippen MR) is 126 cm³/mol. The van der Waals surface area contributed by atoms with Gasteiger partial charge in [-0.15, -0.1) is 0 Å². The van der Waals surface area contributed by atoms with E-state index in [4.69, 9.17) is 9.84 Å². The molecule has 2 aliphatic rings. The van der Waals surface area contributed by atoms with Gasteiger partial charge in [0.15, 0.2) is 0 Å². The number of amides is 2. The highest BCUT2D eigenvalue weighted by atomic mass is 16.5. The highest BCUT2D eigenvalue weighted by Gasteiger charge is 2.40. The zero-order valence-corrected chi connectivity index (χ0v) is 21.5. The van der Waals surface area contributed by atoms with Crippen LogP contribution in [0.3, 0.4) is 0 Å². The van der Waals surface area contributed by atoms with E-state index in [1.54, 1.807) is 20.8 Å². The average Bonchev–Trinajstić information content (AvgIpc) is 2.73. The summed E-state index contributed by atoms with van der Waals surface area (Å²) in [6, 6.07) is 0.510. The minimum atomic E-state index is -0.726. The van der Waals surface area contributed by atoms with Crippen molar-refractivity contribution < 1.29 is 29.0 Å². The van der Waals surface area contributed by atoms with Crippen molar-refractivity contribution in [3.8, 4) is 0 Å². The Kier molecular flexibility index (Phi) is 10.8. The lowest BCUT2D eigenvalue weighted by Gasteiger charge is -2.37. The molecule has 0 saturated heterocycles. The van der Waals surface area contributed by atoms with E-state index in [2.05, 4.69) is 10.6 Å². The number of rotatable bonds is 6. The van der Waals surface area contributed by atoms with E-state index < -0.39 is 16.8 Å². The minimum absolute atomic E-state index is 0.000875. The van der Waals surface area contributed by atoms with E-state index in [0.717, 1.165) is 51.4 Å². The van der Waals surface area contributed by atoms with E-state index in [1.807, 2.05) is 13.8 Å². The van der Waals surface area contributed by atoms with Crippen LogP contribution >= 0.6 is 0 Å². The normalized spacial score (nSPS) is 25.7. The smallest absolute Gasteiger partial charge is 0.311 e. The monoisotopic (exact) mass is 468 g/mol. The number of methoxy groups -OCH3 is 1. The summed E-state index contributed by atoms with van der Waals surface area (Å²) in [5.74, 6) is -0.271. The van der Waals surface area contributed by atoms with Crippen molar-refractivity contribution in [1.82, 2.24) is 10.6 Å². The van der Waals surface area contributed by atoms with Gasteiger partial charge in [0.2, 0.25) is 11.8 Å². The van der Waals surface area contributed by atoms with Crippen LogP contribution in [0.25, 0.3) is 0 Å². The third kappa shape index (κ3) is 8.63. The quantitative estimate of drug-likeness (QED) is 0.511. The Morgan fingerprint density at radius 1 is 0.697 bits per heavy atom. The van der Waals surface area contributed by atoms with Crippen LogP contribution in [0.15, 0.2) is 0 Å². The molecule has 190 valence electrons. The zero-order chi connectivity index (χ0) is 25.4. The number of esters is 1. The van der Waals surface area contributed by atoms with Crippen LogP contribution in [-0.2, 0) is 23.9 Å².